The van der Waals surface area contributed by atoms with Crippen molar-refractivity contribution in [3.05, 3.63) is 66.0 Å². The molecule has 1 aromatic heterocycles. The van der Waals surface area contributed by atoms with Crippen molar-refractivity contribution in [3.8, 4) is 11.4 Å². The summed E-state index contributed by atoms with van der Waals surface area (Å²) in [6.07, 6.45) is 1.52. The largest absolute Gasteiger partial charge is 0.495 e. The molecule has 0 aliphatic rings. The smallest absolute Gasteiger partial charge is 0.196 e. The summed E-state index contributed by atoms with van der Waals surface area (Å²) in [5, 5.41) is 8.35. The normalized spacial score (nSPS) is 10.7. The maximum absolute atomic E-state index is 13.2. The van der Waals surface area contributed by atoms with Crippen LogP contribution in [0.4, 0.5) is 8.78 Å². The number of hydrogen-bond donors (Lipinski definition) is 0. The second-order valence-electron chi connectivity index (χ2n) is 5.00. The van der Waals surface area contributed by atoms with E-state index < -0.39 is 11.6 Å². The van der Waals surface area contributed by atoms with Crippen LogP contribution >= 0.6 is 11.8 Å². The number of carbonyl (C=O) groups is 1. The maximum Gasteiger partial charge on any atom is 0.196 e. The van der Waals surface area contributed by atoms with Gasteiger partial charge in [0.15, 0.2) is 22.6 Å². The first-order valence-electron chi connectivity index (χ1n) is 7.24. The molecule has 0 fully saturated rings. The zero-order valence-electron chi connectivity index (χ0n) is 13.1. The maximum atomic E-state index is 13.2. The molecule has 0 spiro atoms. The molecule has 0 N–H and O–H groups in total. The van der Waals surface area contributed by atoms with Crippen molar-refractivity contribution in [1.82, 2.24) is 14.8 Å². The number of nitrogens with zero attached hydrogens (tertiary/aromatic N) is 3. The number of rotatable bonds is 6. The van der Waals surface area contributed by atoms with Crippen LogP contribution in [0.25, 0.3) is 5.69 Å². The van der Waals surface area contributed by atoms with E-state index in [1.165, 1.54) is 12.4 Å². The molecule has 0 saturated carbocycles. The zero-order chi connectivity index (χ0) is 17.8. The third-order valence-electron chi connectivity index (χ3n) is 3.44. The van der Waals surface area contributed by atoms with E-state index in [1.54, 1.807) is 17.7 Å². The minimum atomic E-state index is -1.05. The van der Waals surface area contributed by atoms with Crippen molar-refractivity contribution in [3.63, 3.8) is 0 Å². The van der Waals surface area contributed by atoms with Crippen LogP contribution in [0.15, 0.2) is 53.9 Å². The minimum absolute atomic E-state index is 0.0128. The summed E-state index contributed by atoms with van der Waals surface area (Å²) in [6, 6.07) is 10.4. The van der Waals surface area contributed by atoms with Crippen molar-refractivity contribution in [2.24, 2.45) is 0 Å². The van der Waals surface area contributed by atoms with Crippen molar-refractivity contribution < 1.29 is 18.3 Å². The first-order chi connectivity index (χ1) is 12.1. The highest BCUT2D eigenvalue weighted by atomic mass is 32.2. The number of ketones is 1. The Morgan fingerprint density at radius 3 is 2.76 bits per heavy atom. The molecule has 1 heterocycles. The lowest BCUT2D eigenvalue weighted by Gasteiger charge is -2.10. The van der Waals surface area contributed by atoms with Gasteiger partial charge in [-0.25, -0.2) is 8.78 Å². The molecule has 128 valence electrons. The van der Waals surface area contributed by atoms with Gasteiger partial charge in [0.05, 0.1) is 18.6 Å². The standard InChI is InChI=1S/C17H13F2N3O2S/c1-24-16-5-3-2-4-14(16)22-10-20-21-17(22)25-9-15(23)11-6-7-12(18)13(19)8-11/h2-8,10H,9H2,1H3. The molecule has 0 aliphatic carbocycles. The molecule has 3 rings (SSSR count). The number of aromatic nitrogens is 3. The van der Waals surface area contributed by atoms with Crippen LogP contribution in [-0.4, -0.2) is 33.4 Å². The van der Waals surface area contributed by atoms with Crippen LogP contribution in [0.2, 0.25) is 0 Å². The van der Waals surface area contributed by atoms with E-state index in [0.29, 0.717) is 10.9 Å². The molecular weight excluding hydrogens is 348 g/mol. The van der Waals surface area contributed by atoms with Gasteiger partial charge in [-0.05, 0) is 30.3 Å². The number of carbonyl (C=O) groups excluding carboxylic acids is 1. The number of thioether (sulfide) groups is 1. The van der Waals surface area contributed by atoms with Gasteiger partial charge in [-0.1, -0.05) is 23.9 Å². The molecule has 3 aromatic rings. The summed E-state index contributed by atoms with van der Waals surface area (Å²) >= 11 is 1.15. The van der Waals surface area contributed by atoms with Crippen molar-refractivity contribution in [1.29, 1.82) is 0 Å². The van der Waals surface area contributed by atoms with Crippen LogP contribution in [0.1, 0.15) is 10.4 Å². The number of ether oxygens (including phenoxy) is 1. The predicted molar refractivity (Wildman–Crippen MR) is 89.3 cm³/mol. The molecule has 0 aliphatic heterocycles. The van der Waals surface area contributed by atoms with E-state index in [-0.39, 0.29) is 17.1 Å². The second kappa shape index (κ2) is 7.43. The number of halogens is 2. The van der Waals surface area contributed by atoms with Gasteiger partial charge in [0.1, 0.15) is 12.1 Å². The van der Waals surface area contributed by atoms with E-state index in [4.69, 9.17) is 4.74 Å². The molecule has 25 heavy (non-hydrogen) atoms. The van der Waals surface area contributed by atoms with Gasteiger partial charge < -0.3 is 4.74 Å². The first kappa shape index (κ1) is 17.1. The Hall–Kier alpha value is -2.74. The fourth-order valence-electron chi connectivity index (χ4n) is 2.20. The summed E-state index contributed by atoms with van der Waals surface area (Å²) in [4.78, 5) is 12.2. The number of hydrogen-bond acceptors (Lipinski definition) is 5. The average Bonchev–Trinajstić information content (AvgIpc) is 3.10. The molecule has 5 nitrogen and oxygen atoms in total. The van der Waals surface area contributed by atoms with Gasteiger partial charge in [-0.15, -0.1) is 10.2 Å². The van der Waals surface area contributed by atoms with E-state index >= 15 is 0 Å². The molecule has 0 atom stereocenters. The Bertz CT molecular complexity index is 914. The number of Topliss-reactive ketones (excluding diaryl/α,β-unsaturated/α-hetero) is 1. The lowest BCUT2D eigenvalue weighted by Crippen LogP contribution is -2.05. The van der Waals surface area contributed by atoms with Crippen molar-refractivity contribution in [2.45, 2.75) is 5.16 Å². The highest BCUT2D eigenvalue weighted by Crippen LogP contribution is 2.27. The van der Waals surface area contributed by atoms with Gasteiger partial charge in [-0.3, -0.25) is 9.36 Å². The summed E-state index contributed by atoms with van der Waals surface area (Å²) in [7, 11) is 1.56. The first-order valence-corrected chi connectivity index (χ1v) is 8.23. The van der Waals surface area contributed by atoms with Crippen LogP contribution in [0.3, 0.4) is 0 Å². The summed E-state index contributed by atoms with van der Waals surface area (Å²) in [6.45, 7) is 0. The molecule has 0 saturated heterocycles. The summed E-state index contributed by atoms with van der Waals surface area (Å²) in [5.74, 6) is -1.72. The SMILES string of the molecule is COc1ccccc1-n1cnnc1SCC(=O)c1ccc(F)c(F)c1. The Balaban J connectivity index is 1.77. The Morgan fingerprint density at radius 2 is 2.00 bits per heavy atom. The van der Waals surface area contributed by atoms with E-state index in [0.717, 1.165) is 29.6 Å². The zero-order valence-corrected chi connectivity index (χ0v) is 14.0. The molecular formula is C17H13F2N3O2S. The fraction of sp³-hybridized carbons (Fsp3) is 0.118. The highest BCUT2D eigenvalue weighted by Gasteiger charge is 2.15. The topological polar surface area (TPSA) is 57.0 Å². The predicted octanol–water partition coefficient (Wildman–Crippen LogP) is 3.53. The Labute approximate surface area is 146 Å². The van der Waals surface area contributed by atoms with Gasteiger partial charge in [0, 0.05) is 5.56 Å². The quantitative estimate of drug-likeness (QED) is 0.497. The van der Waals surface area contributed by atoms with Crippen LogP contribution in [0, 0.1) is 11.6 Å². The van der Waals surface area contributed by atoms with Gasteiger partial charge >= 0.3 is 0 Å². The van der Waals surface area contributed by atoms with Crippen LogP contribution < -0.4 is 4.74 Å². The third kappa shape index (κ3) is 3.69. The van der Waals surface area contributed by atoms with Crippen molar-refractivity contribution >= 4 is 17.5 Å². The Kier molecular flexibility index (Phi) is 5.08. The van der Waals surface area contributed by atoms with Gasteiger partial charge in [-0.2, -0.15) is 0 Å². The van der Waals surface area contributed by atoms with Gasteiger partial charge in [0.25, 0.3) is 0 Å². The Morgan fingerprint density at radius 1 is 1.20 bits per heavy atom. The van der Waals surface area contributed by atoms with Crippen LogP contribution in [-0.2, 0) is 0 Å². The fourth-order valence-corrected chi connectivity index (χ4v) is 3.02. The number of benzene rings is 2. The molecule has 0 radical (unpaired) electrons. The lowest BCUT2D eigenvalue weighted by molar-refractivity contribution is 0.102. The summed E-state index contributed by atoms with van der Waals surface area (Å²) in [5.41, 5.74) is 0.840. The molecule has 0 amide bonds. The molecule has 8 heteroatoms. The highest BCUT2D eigenvalue weighted by molar-refractivity contribution is 7.99. The summed E-state index contributed by atoms with van der Waals surface area (Å²) < 4.78 is 33.2. The number of para-hydroxylation sites is 2. The monoisotopic (exact) mass is 361 g/mol. The second-order valence-corrected chi connectivity index (χ2v) is 5.94. The van der Waals surface area contributed by atoms with E-state index in [2.05, 4.69) is 10.2 Å². The lowest BCUT2D eigenvalue weighted by atomic mass is 10.1. The van der Waals surface area contributed by atoms with E-state index in [9.17, 15) is 13.6 Å². The molecule has 0 bridgehead atoms. The molecule has 2 aromatic carbocycles. The van der Waals surface area contributed by atoms with E-state index in [1.807, 2.05) is 18.2 Å². The van der Waals surface area contributed by atoms with Crippen LogP contribution in [0.5, 0.6) is 5.75 Å². The average molecular weight is 361 g/mol. The molecule has 0 unspecified atom stereocenters. The van der Waals surface area contributed by atoms with Crippen molar-refractivity contribution in [2.75, 3.05) is 12.9 Å². The number of methoxy groups -OCH3 is 1. The third-order valence-corrected chi connectivity index (χ3v) is 4.38. The minimum Gasteiger partial charge on any atom is -0.495 e. The van der Waals surface area contributed by atoms with Gasteiger partial charge in [0.2, 0.25) is 0 Å².